The quantitative estimate of drug-likeness (QED) is 0.878. The van der Waals surface area contributed by atoms with Gasteiger partial charge in [0.05, 0.1) is 6.54 Å². The van der Waals surface area contributed by atoms with E-state index in [0.29, 0.717) is 11.6 Å². The van der Waals surface area contributed by atoms with Crippen LogP contribution < -0.4 is 15.0 Å². The first-order chi connectivity index (χ1) is 10.6. The Balaban J connectivity index is 1.88. The zero-order chi connectivity index (χ0) is 15.9. The number of nitrogens with zero attached hydrogens (tertiary/aromatic N) is 3. The van der Waals surface area contributed by atoms with Gasteiger partial charge in [0.25, 0.3) is 5.91 Å². The fourth-order valence-corrected chi connectivity index (χ4v) is 1.79. The molecule has 0 spiro atoms. The van der Waals surface area contributed by atoms with E-state index in [-0.39, 0.29) is 12.5 Å². The highest BCUT2D eigenvalue weighted by molar-refractivity contribution is 5.80. The normalized spacial score (nSPS) is 11.6. The van der Waals surface area contributed by atoms with Gasteiger partial charge in [0.2, 0.25) is 0 Å². The van der Waals surface area contributed by atoms with Gasteiger partial charge in [-0.25, -0.2) is 9.97 Å². The van der Waals surface area contributed by atoms with Crippen LogP contribution in [-0.4, -0.2) is 36.1 Å². The zero-order valence-corrected chi connectivity index (χ0v) is 13.0. The van der Waals surface area contributed by atoms with Crippen molar-refractivity contribution in [2.75, 3.05) is 19.0 Å². The molecule has 0 unspecified atom stereocenters. The highest BCUT2D eigenvalue weighted by atomic mass is 16.5. The third kappa shape index (κ3) is 4.44. The second kappa shape index (κ2) is 7.40. The van der Waals surface area contributed by atoms with Gasteiger partial charge in [-0.15, -0.1) is 0 Å². The summed E-state index contributed by atoms with van der Waals surface area (Å²) in [4.78, 5) is 22.4. The summed E-state index contributed by atoms with van der Waals surface area (Å²) in [6, 6.07) is 11.1. The number of amides is 1. The maximum absolute atomic E-state index is 12.0. The van der Waals surface area contributed by atoms with Gasteiger partial charge < -0.3 is 15.0 Å². The summed E-state index contributed by atoms with van der Waals surface area (Å²) < 4.78 is 5.57. The van der Waals surface area contributed by atoms with E-state index < -0.39 is 6.10 Å². The second-order valence-corrected chi connectivity index (χ2v) is 5.02. The molecule has 2 rings (SSSR count). The van der Waals surface area contributed by atoms with Gasteiger partial charge in [0.1, 0.15) is 17.4 Å². The molecule has 1 amide bonds. The molecule has 0 saturated carbocycles. The van der Waals surface area contributed by atoms with Gasteiger partial charge in [0.15, 0.2) is 6.10 Å². The van der Waals surface area contributed by atoms with E-state index in [1.807, 2.05) is 55.4 Å². The number of carbonyl (C=O) groups is 1. The minimum absolute atomic E-state index is 0.206. The summed E-state index contributed by atoms with van der Waals surface area (Å²) >= 11 is 0. The number of hydrogen-bond donors (Lipinski definition) is 1. The van der Waals surface area contributed by atoms with Crippen molar-refractivity contribution in [1.82, 2.24) is 15.3 Å². The predicted molar refractivity (Wildman–Crippen MR) is 84.7 cm³/mol. The third-order valence-corrected chi connectivity index (χ3v) is 2.99. The van der Waals surface area contributed by atoms with E-state index in [1.165, 1.54) is 0 Å². The van der Waals surface area contributed by atoms with Crippen LogP contribution in [-0.2, 0) is 11.3 Å². The van der Waals surface area contributed by atoms with Crippen molar-refractivity contribution in [1.29, 1.82) is 0 Å². The molecule has 0 aliphatic rings. The molecule has 0 fully saturated rings. The largest absolute Gasteiger partial charge is 0.481 e. The van der Waals surface area contributed by atoms with Crippen LogP contribution >= 0.6 is 0 Å². The van der Waals surface area contributed by atoms with Crippen LogP contribution in [0.25, 0.3) is 0 Å². The van der Waals surface area contributed by atoms with E-state index in [2.05, 4.69) is 15.3 Å². The Morgan fingerprint density at radius 2 is 2.00 bits per heavy atom. The first-order valence-corrected chi connectivity index (χ1v) is 7.05. The van der Waals surface area contributed by atoms with E-state index in [9.17, 15) is 4.79 Å². The smallest absolute Gasteiger partial charge is 0.261 e. The van der Waals surface area contributed by atoms with Gasteiger partial charge in [-0.05, 0) is 25.1 Å². The Morgan fingerprint density at radius 1 is 1.27 bits per heavy atom. The highest BCUT2D eigenvalue weighted by Gasteiger charge is 2.14. The summed E-state index contributed by atoms with van der Waals surface area (Å²) in [5.74, 6) is 1.82. The maximum atomic E-state index is 12.0. The standard InChI is InChI=1S/C16H20N4O2/c1-12(22-13-7-5-4-6-8-13)16(21)18-11-14-17-10-9-15(19-14)20(2)3/h4-10,12H,11H2,1-3H3,(H,18,21)/t12-/m1/s1. The van der Waals surface area contributed by atoms with E-state index in [4.69, 9.17) is 4.74 Å². The summed E-state index contributed by atoms with van der Waals surface area (Å²) in [5, 5.41) is 2.78. The second-order valence-electron chi connectivity index (χ2n) is 5.02. The molecule has 0 aliphatic heterocycles. The molecule has 116 valence electrons. The Kier molecular flexibility index (Phi) is 5.30. The van der Waals surface area contributed by atoms with Crippen LogP contribution in [0.5, 0.6) is 5.75 Å². The number of hydrogen-bond acceptors (Lipinski definition) is 5. The number of carbonyl (C=O) groups excluding carboxylic acids is 1. The van der Waals surface area contributed by atoms with Crippen molar-refractivity contribution in [2.24, 2.45) is 0 Å². The number of ether oxygens (including phenoxy) is 1. The molecule has 0 aliphatic carbocycles. The molecule has 2 aromatic rings. The molecule has 1 aromatic heterocycles. The summed E-state index contributed by atoms with van der Waals surface area (Å²) in [5.41, 5.74) is 0. The van der Waals surface area contributed by atoms with Gasteiger partial charge in [0, 0.05) is 20.3 Å². The number of aromatic nitrogens is 2. The van der Waals surface area contributed by atoms with Gasteiger partial charge in [-0.2, -0.15) is 0 Å². The average Bonchev–Trinajstić information content (AvgIpc) is 2.53. The predicted octanol–water partition coefficient (Wildman–Crippen LogP) is 1.63. The van der Waals surface area contributed by atoms with E-state index >= 15 is 0 Å². The van der Waals surface area contributed by atoms with Crippen molar-refractivity contribution < 1.29 is 9.53 Å². The minimum Gasteiger partial charge on any atom is -0.481 e. The van der Waals surface area contributed by atoms with Crippen molar-refractivity contribution in [3.8, 4) is 5.75 Å². The Hall–Kier alpha value is -2.63. The summed E-state index contributed by atoms with van der Waals surface area (Å²) in [6.07, 6.45) is 1.09. The molecule has 22 heavy (non-hydrogen) atoms. The molecule has 1 aromatic carbocycles. The first kappa shape index (κ1) is 15.8. The zero-order valence-electron chi connectivity index (χ0n) is 13.0. The Labute approximate surface area is 130 Å². The summed E-state index contributed by atoms with van der Waals surface area (Å²) in [6.45, 7) is 1.97. The lowest BCUT2D eigenvalue weighted by Crippen LogP contribution is -2.36. The topological polar surface area (TPSA) is 67.3 Å². The van der Waals surface area contributed by atoms with Gasteiger partial charge in [-0.1, -0.05) is 18.2 Å². The van der Waals surface area contributed by atoms with Crippen molar-refractivity contribution in [2.45, 2.75) is 19.6 Å². The fourth-order valence-electron chi connectivity index (χ4n) is 1.79. The molecule has 6 heteroatoms. The van der Waals surface area contributed by atoms with Crippen LogP contribution in [0, 0.1) is 0 Å². The number of benzene rings is 1. The van der Waals surface area contributed by atoms with Crippen molar-refractivity contribution in [3.63, 3.8) is 0 Å². The average molecular weight is 300 g/mol. The van der Waals surface area contributed by atoms with Gasteiger partial charge in [-0.3, -0.25) is 4.79 Å². The van der Waals surface area contributed by atoms with Gasteiger partial charge >= 0.3 is 0 Å². The van der Waals surface area contributed by atoms with Crippen molar-refractivity contribution in [3.05, 3.63) is 48.4 Å². The van der Waals surface area contributed by atoms with Crippen molar-refractivity contribution >= 4 is 11.7 Å². The molecule has 0 radical (unpaired) electrons. The Bertz CT molecular complexity index is 617. The Morgan fingerprint density at radius 3 is 2.68 bits per heavy atom. The lowest BCUT2D eigenvalue weighted by molar-refractivity contribution is -0.127. The molecule has 1 atom stereocenters. The van der Waals surface area contributed by atoms with Crippen LogP contribution in [0.3, 0.4) is 0 Å². The molecule has 6 nitrogen and oxygen atoms in total. The van der Waals surface area contributed by atoms with Crippen LogP contribution in [0.4, 0.5) is 5.82 Å². The molecule has 0 bridgehead atoms. The van der Waals surface area contributed by atoms with Crippen LogP contribution in [0.2, 0.25) is 0 Å². The number of para-hydroxylation sites is 1. The molecule has 0 saturated heterocycles. The monoisotopic (exact) mass is 300 g/mol. The lowest BCUT2D eigenvalue weighted by atomic mass is 10.3. The highest BCUT2D eigenvalue weighted by Crippen LogP contribution is 2.11. The fraction of sp³-hybridized carbons (Fsp3) is 0.312. The number of anilines is 1. The molecule has 1 N–H and O–H groups in total. The number of rotatable bonds is 6. The maximum Gasteiger partial charge on any atom is 0.261 e. The van der Waals surface area contributed by atoms with E-state index in [0.717, 1.165) is 5.82 Å². The summed E-state index contributed by atoms with van der Waals surface area (Å²) in [7, 11) is 3.81. The van der Waals surface area contributed by atoms with E-state index in [1.54, 1.807) is 13.1 Å². The van der Waals surface area contributed by atoms with Crippen LogP contribution in [0.15, 0.2) is 42.6 Å². The third-order valence-electron chi connectivity index (χ3n) is 2.99. The molecular formula is C16H20N4O2. The minimum atomic E-state index is -0.584. The molecular weight excluding hydrogens is 280 g/mol. The lowest BCUT2D eigenvalue weighted by Gasteiger charge is -2.15. The first-order valence-electron chi connectivity index (χ1n) is 7.05. The molecule has 1 heterocycles. The number of nitrogens with one attached hydrogen (secondary N) is 1. The SMILES string of the molecule is C[C@@H](Oc1ccccc1)C(=O)NCc1nccc(N(C)C)n1. The van der Waals surface area contributed by atoms with Crippen LogP contribution in [0.1, 0.15) is 12.7 Å².